The van der Waals surface area contributed by atoms with Crippen molar-refractivity contribution in [1.29, 1.82) is 5.26 Å². The molecular weight excluding hydrogens is 246 g/mol. The van der Waals surface area contributed by atoms with E-state index in [0.717, 1.165) is 0 Å². The molecule has 1 aliphatic rings. The molecule has 94 valence electrons. The van der Waals surface area contributed by atoms with Crippen molar-refractivity contribution < 1.29 is 9.47 Å². The number of H-pyrrole nitrogens is 1. The topological polar surface area (TPSA) is 88.0 Å². The quantitative estimate of drug-likeness (QED) is 0.823. The number of hydrogen-bond donors (Lipinski definition) is 1. The third-order valence-electron chi connectivity index (χ3n) is 2.74. The van der Waals surface area contributed by atoms with Crippen molar-refractivity contribution in [2.24, 2.45) is 0 Å². The van der Waals surface area contributed by atoms with Crippen LogP contribution in [0.2, 0.25) is 0 Å². The Morgan fingerprint density at radius 1 is 1.21 bits per heavy atom. The van der Waals surface area contributed by atoms with Gasteiger partial charge in [0.15, 0.2) is 11.5 Å². The second-order valence-corrected chi connectivity index (χ2v) is 3.96. The lowest BCUT2D eigenvalue weighted by molar-refractivity contribution is 0.171. The van der Waals surface area contributed by atoms with Crippen LogP contribution in [0.25, 0.3) is 11.3 Å². The van der Waals surface area contributed by atoms with Gasteiger partial charge >= 0.3 is 0 Å². The van der Waals surface area contributed by atoms with E-state index in [4.69, 9.17) is 14.7 Å². The zero-order chi connectivity index (χ0) is 13.2. The molecule has 2 heterocycles. The number of nitrogens with one attached hydrogen (secondary N) is 1. The van der Waals surface area contributed by atoms with Crippen LogP contribution in [0.4, 0.5) is 0 Å². The van der Waals surface area contributed by atoms with E-state index < -0.39 is 5.56 Å². The van der Waals surface area contributed by atoms with Crippen molar-refractivity contribution in [1.82, 2.24) is 10.2 Å². The number of aromatic nitrogens is 2. The number of fused-ring (bicyclic) bond motifs is 1. The molecule has 0 saturated heterocycles. The molecule has 1 aliphatic heterocycles. The summed E-state index contributed by atoms with van der Waals surface area (Å²) < 4.78 is 10.9. The summed E-state index contributed by atoms with van der Waals surface area (Å²) >= 11 is 0. The van der Waals surface area contributed by atoms with Gasteiger partial charge in [0, 0.05) is 11.6 Å². The molecule has 0 spiro atoms. The molecule has 0 saturated carbocycles. The van der Waals surface area contributed by atoms with Gasteiger partial charge in [-0.2, -0.15) is 10.4 Å². The monoisotopic (exact) mass is 255 g/mol. The highest BCUT2D eigenvalue weighted by Crippen LogP contribution is 2.34. The van der Waals surface area contributed by atoms with Gasteiger partial charge in [0.25, 0.3) is 5.56 Å². The summed E-state index contributed by atoms with van der Waals surface area (Å²) in [5, 5.41) is 15.3. The van der Waals surface area contributed by atoms with Crippen molar-refractivity contribution in [3.8, 4) is 28.8 Å². The summed E-state index contributed by atoms with van der Waals surface area (Å²) in [6.45, 7) is 1.01. The minimum atomic E-state index is -0.405. The summed E-state index contributed by atoms with van der Waals surface area (Å²) in [5.41, 5.74) is 0.925. The van der Waals surface area contributed by atoms with E-state index in [-0.39, 0.29) is 5.56 Å². The summed E-state index contributed by atoms with van der Waals surface area (Å²) in [5.74, 6) is 1.28. The summed E-state index contributed by atoms with van der Waals surface area (Å²) in [6, 6.07) is 8.46. The van der Waals surface area contributed by atoms with Gasteiger partial charge in [0.1, 0.15) is 25.0 Å². The first-order valence-corrected chi connectivity index (χ1v) is 5.68. The Labute approximate surface area is 108 Å². The first kappa shape index (κ1) is 11.3. The van der Waals surface area contributed by atoms with Crippen LogP contribution in [0.5, 0.6) is 11.5 Å². The van der Waals surface area contributed by atoms with Crippen LogP contribution in [-0.4, -0.2) is 23.4 Å². The summed E-state index contributed by atoms with van der Waals surface area (Å²) in [7, 11) is 0. The highest BCUT2D eigenvalue weighted by molar-refractivity contribution is 5.68. The second kappa shape index (κ2) is 4.46. The summed E-state index contributed by atoms with van der Waals surface area (Å²) in [4.78, 5) is 11.2. The Bertz CT molecular complexity index is 731. The highest BCUT2D eigenvalue weighted by Gasteiger charge is 2.15. The molecule has 0 bridgehead atoms. The van der Waals surface area contributed by atoms with E-state index in [1.165, 1.54) is 6.07 Å². The number of benzene rings is 1. The maximum Gasteiger partial charge on any atom is 0.265 e. The van der Waals surface area contributed by atoms with E-state index >= 15 is 0 Å². The maximum atomic E-state index is 11.2. The standard InChI is InChI=1S/C13H9N3O3/c14-7-9-6-12(17)15-16-13(9)8-1-2-10-11(5-8)19-4-3-18-10/h1-2,5-6H,3-4H2,(H,15,17). The first-order chi connectivity index (χ1) is 9.28. The minimum Gasteiger partial charge on any atom is -0.486 e. The molecule has 1 aromatic carbocycles. The molecular formula is C13H9N3O3. The largest absolute Gasteiger partial charge is 0.486 e. The van der Waals surface area contributed by atoms with E-state index in [0.29, 0.717) is 36.0 Å². The number of rotatable bonds is 1. The Hall–Kier alpha value is -2.81. The predicted octanol–water partition coefficient (Wildman–Crippen LogP) is 1.08. The number of nitriles is 1. The van der Waals surface area contributed by atoms with Gasteiger partial charge in [-0.05, 0) is 18.2 Å². The van der Waals surface area contributed by atoms with Gasteiger partial charge in [0.2, 0.25) is 0 Å². The van der Waals surface area contributed by atoms with Crippen molar-refractivity contribution in [3.05, 3.63) is 40.2 Å². The lowest BCUT2D eigenvalue weighted by Gasteiger charge is -2.18. The minimum absolute atomic E-state index is 0.223. The number of nitrogens with zero attached hydrogens (tertiary/aromatic N) is 2. The van der Waals surface area contributed by atoms with Crippen LogP contribution < -0.4 is 15.0 Å². The van der Waals surface area contributed by atoms with Gasteiger partial charge in [-0.3, -0.25) is 4.79 Å². The van der Waals surface area contributed by atoms with Gasteiger partial charge in [-0.15, -0.1) is 0 Å². The molecule has 1 N–H and O–H groups in total. The average molecular weight is 255 g/mol. The predicted molar refractivity (Wildman–Crippen MR) is 66.0 cm³/mol. The van der Waals surface area contributed by atoms with Gasteiger partial charge < -0.3 is 9.47 Å². The number of ether oxygens (including phenoxy) is 2. The van der Waals surface area contributed by atoms with Crippen LogP contribution in [0, 0.1) is 11.3 Å². The third-order valence-corrected chi connectivity index (χ3v) is 2.74. The average Bonchev–Trinajstić information content (AvgIpc) is 2.46. The SMILES string of the molecule is N#Cc1cc(=O)[nH]nc1-c1ccc2c(c1)OCCO2. The smallest absolute Gasteiger partial charge is 0.265 e. The molecule has 19 heavy (non-hydrogen) atoms. The Morgan fingerprint density at radius 2 is 2.00 bits per heavy atom. The number of aromatic amines is 1. The lowest BCUT2D eigenvalue weighted by atomic mass is 10.1. The molecule has 2 aromatic rings. The van der Waals surface area contributed by atoms with E-state index in [1.807, 2.05) is 6.07 Å². The van der Waals surface area contributed by atoms with Crippen LogP contribution in [0.15, 0.2) is 29.1 Å². The molecule has 0 amide bonds. The zero-order valence-electron chi connectivity index (χ0n) is 9.84. The van der Waals surface area contributed by atoms with Crippen LogP contribution in [0.1, 0.15) is 5.56 Å². The second-order valence-electron chi connectivity index (χ2n) is 3.96. The Kier molecular flexibility index (Phi) is 2.65. The molecule has 0 atom stereocenters. The van der Waals surface area contributed by atoms with Gasteiger partial charge in [-0.25, -0.2) is 5.10 Å². The van der Waals surface area contributed by atoms with Gasteiger partial charge in [-0.1, -0.05) is 0 Å². The molecule has 0 fully saturated rings. The molecule has 0 aliphatic carbocycles. The van der Waals surface area contributed by atoms with Crippen LogP contribution in [0.3, 0.4) is 0 Å². The molecule has 1 aromatic heterocycles. The van der Waals surface area contributed by atoms with E-state index in [1.54, 1.807) is 18.2 Å². The lowest BCUT2D eigenvalue weighted by Crippen LogP contribution is -2.15. The van der Waals surface area contributed by atoms with Crippen molar-refractivity contribution in [3.63, 3.8) is 0 Å². The highest BCUT2D eigenvalue weighted by atomic mass is 16.6. The number of hydrogen-bond acceptors (Lipinski definition) is 5. The molecule has 3 rings (SSSR count). The fraction of sp³-hybridized carbons (Fsp3) is 0.154. The van der Waals surface area contributed by atoms with Crippen LogP contribution >= 0.6 is 0 Å². The van der Waals surface area contributed by atoms with Gasteiger partial charge in [0.05, 0.1) is 5.56 Å². The molecule has 0 unspecified atom stereocenters. The Morgan fingerprint density at radius 3 is 2.79 bits per heavy atom. The third kappa shape index (κ3) is 2.02. The fourth-order valence-corrected chi connectivity index (χ4v) is 1.90. The molecule has 6 nitrogen and oxygen atoms in total. The van der Waals surface area contributed by atoms with Crippen LogP contribution in [-0.2, 0) is 0 Å². The normalized spacial score (nSPS) is 12.8. The van der Waals surface area contributed by atoms with Crippen molar-refractivity contribution >= 4 is 0 Å². The molecule has 6 heteroatoms. The van der Waals surface area contributed by atoms with E-state index in [9.17, 15) is 4.79 Å². The first-order valence-electron chi connectivity index (χ1n) is 5.68. The van der Waals surface area contributed by atoms with E-state index in [2.05, 4.69) is 10.2 Å². The Balaban J connectivity index is 2.12. The zero-order valence-corrected chi connectivity index (χ0v) is 9.84. The fourth-order valence-electron chi connectivity index (χ4n) is 1.90. The molecule has 0 radical (unpaired) electrons. The maximum absolute atomic E-state index is 11.2. The van der Waals surface area contributed by atoms with Crippen molar-refractivity contribution in [2.45, 2.75) is 0 Å². The van der Waals surface area contributed by atoms with Crippen molar-refractivity contribution in [2.75, 3.05) is 13.2 Å². The summed E-state index contributed by atoms with van der Waals surface area (Å²) in [6.07, 6.45) is 0.